The van der Waals surface area contributed by atoms with Gasteiger partial charge in [-0.25, -0.2) is 4.98 Å². The zero-order chi connectivity index (χ0) is 16.8. The summed E-state index contributed by atoms with van der Waals surface area (Å²) in [5.41, 5.74) is 2.48. The van der Waals surface area contributed by atoms with Crippen molar-refractivity contribution < 1.29 is 9.47 Å². The van der Waals surface area contributed by atoms with Crippen LogP contribution < -0.4 is 5.32 Å². The van der Waals surface area contributed by atoms with Crippen LogP contribution in [0.25, 0.3) is 0 Å². The number of imidazole rings is 1. The number of methoxy groups -OCH3 is 1. The van der Waals surface area contributed by atoms with Gasteiger partial charge >= 0.3 is 0 Å². The lowest BCUT2D eigenvalue weighted by Gasteiger charge is -2.33. The molecule has 0 aliphatic carbocycles. The molecule has 130 valence electrons. The molecule has 1 N–H and O–H groups in total. The molecule has 3 atom stereocenters. The molecule has 24 heavy (non-hydrogen) atoms. The summed E-state index contributed by atoms with van der Waals surface area (Å²) < 4.78 is 13.4. The Balaban J connectivity index is 1.60. The number of hydrogen-bond acceptors (Lipinski definition) is 4. The summed E-state index contributed by atoms with van der Waals surface area (Å²) in [6.45, 7) is 1.49. The minimum absolute atomic E-state index is 0.115. The Morgan fingerprint density at radius 1 is 1.38 bits per heavy atom. The van der Waals surface area contributed by atoms with Crippen molar-refractivity contribution in [3.63, 3.8) is 0 Å². The molecule has 3 rings (SSSR count). The first-order valence-electron chi connectivity index (χ1n) is 8.63. The van der Waals surface area contributed by atoms with E-state index in [1.54, 1.807) is 7.11 Å². The zero-order valence-corrected chi connectivity index (χ0v) is 14.5. The molecule has 0 bridgehead atoms. The highest BCUT2D eigenvalue weighted by atomic mass is 16.5. The second-order valence-electron chi connectivity index (χ2n) is 6.52. The molecule has 2 heterocycles. The summed E-state index contributed by atoms with van der Waals surface area (Å²) in [5, 5.41) is 3.78. The van der Waals surface area contributed by atoms with Crippen molar-refractivity contribution >= 4 is 0 Å². The van der Waals surface area contributed by atoms with Crippen LogP contribution in [0.4, 0.5) is 0 Å². The molecule has 1 aliphatic rings. The Bertz CT molecular complexity index is 614. The van der Waals surface area contributed by atoms with Crippen molar-refractivity contribution in [3.8, 4) is 0 Å². The van der Waals surface area contributed by atoms with Crippen molar-refractivity contribution in [1.29, 1.82) is 0 Å². The van der Waals surface area contributed by atoms with E-state index in [-0.39, 0.29) is 6.10 Å². The van der Waals surface area contributed by atoms with Crippen molar-refractivity contribution in [2.75, 3.05) is 20.3 Å². The molecule has 2 aromatic rings. The molecule has 0 amide bonds. The average molecular weight is 329 g/mol. The maximum atomic E-state index is 5.96. The third-order valence-corrected chi connectivity index (χ3v) is 4.63. The zero-order valence-electron chi connectivity index (χ0n) is 14.5. The van der Waals surface area contributed by atoms with Crippen LogP contribution in [0.5, 0.6) is 0 Å². The summed E-state index contributed by atoms with van der Waals surface area (Å²) >= 11 is 0. The van der Waals surface area contributed by atoms with Crippen molar-refractivity contribution in [2.24, 2.45) is 7.05 Å². The number of aromatic nitrogens is 2. The molecule has 1 aliphatic heterocycles. The van der Waals surface area contributed by atoms with E-state index in [9.17, 15) is 0 Å². The van der Waals surface area contributed by atoms with Gasteiger partial charge in [0, 0.05) is 32.8 Å². The van der Waals surface area contributed by atoms with Gasteiger partial charge in [0.2, 0.25) is 0 Å². The van der Waals surface area contributed by atoms with Crippen LogP contribution in [0.3, 0.4) is 0 Å². The van der Waals surface area contributed by atoms with Gasteiger partial charge in [-0.2, -0.15) is 0 Å². The third kappa shape index (κ3) is 4.44. The van der Waals surface area contributed by atoms with Gasteiger partial charge in [0.05, 0.1) is 24.8 Å². The van der Waals surface area contributed by atoms with E-state index in [2.05, 4.69) is 40.6 Å². The summed E-state index contributed by atoms with van der Waals surface area (Å²) in [6.07, 6.45) is 6.83. The summed E-state index contributed by atoms with van der Waals surface area (Å²) in [4.78, 5) is 4.21. The fourth-order valence-electron chi connectivity index (χ4n) is 3.43. The molecule has 1 saturated heterocycles. The molecule has 1 aromatic carbocycles. The van der Waals surface area contributed by atoms with Gasteiger partial charge in [-0.3, -0.25) is 0 Å². The second-order valence-corrected chi connectivity index (χ2v) is 6.52. The van der Waals surface area contributed by atoms with Crippen LogP contribution in [-0.2, 0) is 22.9 Å². The van der Waals surface area contributed by atoms with Crippen LogP contribution in [0.15, 0.2) is 42.9 Å². The smallest absolute Gasteiger partial charge is 0.100 e. The topological polar surface area (TPSA) is 48.3 Å². The summed E-state index contributed by atoms with van der Waals surface area (Å²) in [5.74, 6) is 0. The Hall–Kier alpha value is -1.69. The molecule has 0 radical (unpaired) electrons. The minimum atomic E-state index is 0.115. The van der Waals surface area contributed by atoms with E-state index in [0.717, 1.165) is 31.6 Å². The van der Waals surface area contributed by atoms with E-state index in [4.69, 9.17) is 9.47 Å². The molecule has 1 aromatic heterocycles. The lowest BCUT2D eigenvalue weighted by atomic mass is 9.98. The number of rotatable bonds is 7. The largest absolute Gasteiger partial charge is 0.383 e. The number of ether oxygens (including phenoxy) is 2. The molecule has 0 saturated carbocycles. The van der Waals surface area contributed by atoms with Crippen molar-refractivity contribution in [2.45, 2.75) is 37.5 Å². The summed E-state index contributed by atoms with van der Waals surface area (Å²) in [6, 6.07) is 11.3. The number of nitrogens with zero attached hydrogens (tertiary/aromatic N) is 2. The summed E-state index contributed by atoms with van der Waals surface area (Å²) in [7, 11) is 3.79. The first-order valence-corrected chi connectivity index (χ1v) is 8.63. The van der Waals surface area contributed by atoms with E-state index in [1.807, 2.05) is 24.1 Å². The monoisotopic (exact) mass is 329 g/mol. The highest BCUT2D eigenvalue weighted by Crippen LogP contribution is 2.28. The van der Waals surface area contributed by atoms with Crippen LogP contribution in [0.1, 0.15) is 30.2 Å². The first-order chi connectivity index (χ1) is 11.8. The van der Waals surface area contributed by atoms with E-state index < -0.39 is 0 Å². The highest BCUT2D eigenvalue weighted by molar-refractivity contribution is 5.16. The standard InChI is InChI=1S/C19H27N3O2/c1-22-14-20-12-18(22)19-11-16(8-9-24-19)21-17(13-23-2)10-15-6-4-3-5-7-15/h3-7,12,14,16-17,19,21H,8-11,13H2,1-2H3/t16-,17+,19-/m1/s1. The molecule has 0 unspecified atom stereocenters. The van der Waals surface area contributed by atoms with Crippen LogP contribution in [0, 0.1) is 0 Å². The number of benzene rings is 1. The Kier molecular flexibility index (Phi) is 6.01. The molecule has 5 heteroatoms. The lowest BCUT2D eigenvalue weighted by molar-refractivity contribution is -0.00755. The normalized spacial score (nSPS) is 22.4. The fourth-order valence-corrected chi connectivity index (χ4v) is 3.43. The number of nitrogens with one attached hydrogen (secondary N) is 1. The van der Waals surface area contributed by atoms with Gasteiger partial charge in [-0.05, 0) is 24.8 Å². The van der Waals surface area contributed by atoms with E-state index in [0.29, 0.717) is 18.7 Å². The maximum absolute atomic E-state index is 5.96. The van der Waals surface area contributed by atoms with Gasteiger partial charge in [0.1, 0.15) is 6.10 Å². The van der Waals surface area contributed by atoms with Crippen molar-refractivity contribution in [1.82, 2.24) is 14.9 Å². The first kappa shape index (κ1) is 17.1. The quantitative estimate of drug-likeness (QED) is 0.848. The van der Waals surface area contributed by atoms with Gasteiger partial charge in [0.25, 0.3) is 0 Å². The Labute approximate surface area is 144 Å². The molecular weight excluding hydrogens is 302 g/mol. The molecular formula is C19H27N3O2. The van der Waals surface area contributed by atoms with Gasteiger partial charge in [0.15, 0.2) is 0 Å². The van der Waals surface area contributed by atoms with E-state index in [1.165, 1.54) is 5.56 Å². The number of hydrogen-bond donors (Lipinski definition) is 1. The number of aryl methyl sites for hydroxylation is 1. The minimum Gasteiger partial charge on any atom is -0.383 e. The maximum Gasteiger partial charge on any atom is 0.100 e. The predicted molar refractivity (Wildman–Crippen MR) is 93.9 cm³/mol. The molecule has 5 nitrogen and oxygen atoms in total. The highest BCUT2D eigenvalue weighted by Gasteiger charge is 2.27. The Morgan fingerprint density at radius 3 is 2.92 bits per heavy atom. The van der Waals surface area contributed by atoms with Crippen molar-refractivity contribution in [3.05, 3.63) is 54.1 Å². The van der Waals surface area contributed by atoms with Gasteiger partial charge in [-0.1, -0.05) is 30.3 Å². The van der Waals surface area contributed by atoms with Crippen LogP contribution in [0.2, 0.25) is 0 Å². The average Bonchev–Trinajstić information content (AvgIpc) is 3.02. The van der Waals surface area contributed by atoms with E-state index >= 15 is 0 Å². The molecule has 1 fully saturated rings. The fraction of sp³-hybridized carbons (Fsp3) is 0.526. The van der Waals surface area contributed by atoms with Crippen LogP contribution in [-0.4, -0.2) is 42.0 Å². The predicted octanol–water partition coefficient (Wildman–Crippen LogP) is 2.49. The second kappa shape index (κ2) is 8.42. The van der Waals surface area contributed by atoms with Crippen LogP contribution >= 0.6 is 0 Å². The molecule has 0 spiro atoms. The Morgan fingerprint density at radius 2 is 2.21 bits per heavy atom. The van der Waals surface area contributed by atoms with Gasteiger partial charge in [-0.15, -0.1) is 0 Å². The lowest BCUT2D eigenvalue weighted by Crippen LogP contribution is -2.45. The SMILES string of the molecule is COC[C@H](Cc1ccccc1)N[C@@H]1CCO[C@@H](c2cncn2C)C1. The third-order valence-electron chi connectivity index (χ3n) is 4.63. The van der Waals surface area contributed by atoms with Gasteiger partial charge < -0.3 is 19.4 Å².